The number of carbonyl (C=O) groups is 1. The number of ether oxygens (including phenoxy) is 1. The van der Waals surface area contributed by atoms with E-state index in [1.54, 1.807) is 55.6 Å². The minimum absolute atomic E-state index is 0.108. The van der Waals surface area contributed by atoms with E-state index in [1.807, 2.05) is 6.07 Å². The molecule has 0 saturated heterocycles. The number of fused-ring (bicyclic) bond motifs is 1. The van der Waals surface area contributed by atoms with Crippen LogP contribution in [0, 0.1) is 0 Å². The molecule has 2 heterocycles. The molecule has 2 aromatic heterocycles. The van der Waals surface area contributed by atoms with Crippen LogP contribution in [0.1, 0.15) is 16.1 Å². The van der Waals surface area contributed by atoms with Gasteiger partial charge in [0.05, 0.1) is 24.3 Å². The number of hydrogen-bond acceptors (Lipinski definition) is 5. The quantitative estimate of drug-likeness (QED) is 0.516. The van der Waals surface area contributed by atoms with Crippen LogP contribution in [0.25, 0.3) is 22.1 Å². The summed E-state index contributed by atoms with van der Waals surface area (Å²) in [5.74, 6) is 0.410. The Morgan fingerprint density at radius 3 is 2.54 bits per heavy atom. The lowest BCUT2D eigenvalue weighted by atomic mass is 10.0. The average Bonchev–Trinajstić information content (AvgIpc) is 3.17. The summed E-state index contributed by atoms with van der Waals surface area (Å²) < 4.78 is 16.1. The third kappa shape index (κ3) is 2.59. The van der Waals surface area contributed by atoms with Gasteiger partial charge in [-0.15, -0.1) is 0 Å². The molecule has 4 rings (SSSR count). The minimum Gasteiger partial charge on any atom is -0.497 e. The number of carbonyl (C=O) groups excluding carboxylic acids is 1. The number of benzene rings is 2. The zero-order valence-corrected chi connectivity index (χ0v) is 13.9. The molecule has 0 amide bonds. The molecule has 0 radical (unpaired) electrons. The van der Waals surface area contributed by atoms with Crippen molar-refractivity contribution in [2.45, 2.75) is 0 Å². The lowest BCUT2D eigenvalue weighted by molar-refractivity contribution is 0.101. The van der Waals surface area contributed by atoms with Gasteiger partial charge in [0, 0.05) is 17.2 Å². The Morgan fingerprint density at radius 2 is 1.77 bits per heavy atom. The monoisotopic (exact) mass is 346 g/mol. The van der Waals surface area contributed by atoms with E-state index in [1.165, 1.54) is 12.5 Å². The van der Waals surface area contributed by atoms with Crippen LogP contribution in [0.3, 0.4) is 0 Å². The first-order chi connectivity index (χ1) is 12.7. The largest absolute Gasteiger partial charge is 0.497 e. The number of rotatable bonds is 4. The average molecular weight is 346 g/mol. The summed E-state index contributed by atoms with van der Waals surface area (Å²) in [6.07, 6.45) is 2.74. The predicted molar refractivity (Wildman–Crippen MR) is 96.6 cm³/mol. The Labute approximate surface area is 148 Å². The number of furan rings is 1. The van der Waals surface area contributed by atoms with Crippen molar-refractivity contribution in [1.29, 1.82) is 0 Å². The summed E-state index contributed by atoms with van der Waals surface area (Å²) in [6, 6.07) is 15.3. The summed E-state index contributed by atoms with van der Waals surface area (Å²) in [7, 11) is 1.54. The van der Waals surface area contributed by atoms with Crippen molar-refractivity contribution in [3.05, 3.63) is 88.7 Å². The Bertz CT molecular complexity index is 1150. The fraction of sp³-hybridized carbons (Fsp3) is 0.0476. The van der Waals surface area contributed by atoms with Crippen LogP contribution >= 0.6 is 0 Å². The second kappa shape index (κ2) is 6.37. The number of ketones is 1. The first-order valence-corrected chi connectivity index (χ1v) is 7.96. The molecule has 0 fully saturated rings. The first kappa shape index (κ1) is 15.9. The molecule has 0 aliphatic heterocycles. The fourth-order valence-corrected chi connectivity index (χ4v) is 2.84. The van der Waals surface area contributed by atoms with Gasteiger partial charge in [0.25, 0.3) is 0 Å². The zero-order chi connectivity index (χ0) is 18.1. The lowest BCUT2D eigenvalue weighted by Gasteiger charge is -2.05. The highest BCUT2D eigenvalue weighted by Gasteiger charge is 2.21. The van der Waals surface area contributed by atoms with Gasteiger partial charge in [-0.05, 0) is 18.2 Å². The van der Waals surface area contributed by atoms with Crippen LogP contribution in [-0.4, -0.2) is 12.9 Å². The van der Waals surface area contributed by atoms with E-state index in [0.717, 1.165) is 0 Å². The Balaban J connectivity index is 1.85. The van der Waals surface area contributed by atoms with Gasteiger partial charge in [-0.1, -0.05) is 30.3 Å². The molecule has 0 aliphatic rings. The molecule has 26 heavy (non-hydrogen) atoms. The second-order valence-electron chi connectivity index (χ2n) is 5.70. The van der Waals surface area contributed by atoms with Gasteiger partial charge in [0.2, 0.25) is 11.2 Å². The summed E-state index contributed by atoms with van der Waals surface area (Å²) >= 11 is 0. The van der Waals surface area contributed by atoms with Crippen molar-refractivity contribution in [1.82, 2.24) is 0 Å². The van der Waals surface area contributed by atoms with E-state index in [2.05, 4.69) is 0 Å². The van der Waals surface area contributed by atoms with E-state index in [4.69, 9.17) is 13.6 Å². The van der Waals surface area contributed by atoms with Gasteiger partial charge >= 0.3 is 0 Å². The number of methoxy groups -OCH3 is 1. The maximum Gasteiger partial charge on any atom is 0.228 e. The molecule has 0 aliphatic carbocycles. The standard InChI is InChI=1S/C21H14O5/c1-24-14-7-8-16-18(11-14)26-12-17(20(16)23)15-9-10-25-21(15)19(22)13-5-3-2-4-6-13/h2-12H,1H3. The van der Waals surface area contributed by atoms with Crippen molar-refractivity contribution in [3.8, 4) is 16.9 Å². The molecule has 5 nitrogen and oxygen atoms in total. The SMILES string of the molecule is COc1ccc2c(=O)c(-c3ccoc3C(=O)c3ccccc3)coc2c1. The van der Waals surface area contributed by atoms with Gasteiger partial charge in [-0.25, -0.2) is 0 Å². The Hall–Kier alpha value is -3.60. The van der Waals surface area contributed by atoms with Crippen molar-refractivity contribution in [2.24, 2.45) is 0 Å². The maximum atomic E-state index is 12.9. The van der Waals surface area contributed by atoms with Crippen molar-refractivity contribution in [3.63, 3.8) is 0 Å². The van der Waals surface area contributed by atoms with Crippen LogP contribution in [0.5, 0.6) is 5.75 Å². The molecule has 0 saturated carbocycles. The van der Waals surface area contributed by atoms with E-state index < -0.39 is 0 Å². The summed E-state index contributed by atoms with van der Waals surface area (Å²) in [5.41, 5.74) is 1.34. The first-order valence-electron chi connectivity index (χ1n) is 7.96. The maximum absolute atomic E-state index is 12.9. The van der Waals surface area contributed by atoms with Crippen LogP contribution in [0.15, 0.2) is 80.8 Å². The van der Waals surface area contributed by atoms with E-state index in [9.17, 15) is 9.59 Å². The summed E-state index contributed by atoms with van der Waals surface area (Å²) in [6.45, 7) is 0. The van der Waals surface area contributed by atoms with Crippen LogP contribution < -0.4 is 10.2 Å². The number of hydrogen-bond donors (Lipinski definition) is 0. The molecule has 128 valence electrons. The van der Waals surface area contributed by atoms with Crippen molar-refractivity contribution < 1.29 is 18.4 Å². The third-order valence-corrected chi connectivity index (χ3v) is 4.18. The Kier molecular flexibility index (Phi) is 3.89. The molecule has 0 bridgehead atoms. The molecule has 2 aromatic carbocycles. The van der Waals surface area contributed by atoms with E-state index >= 15 is 0 Å². The zero-order valence-electron chi connectivity index (χ0n) is 13.9. The molecule has 5 heteroatoms. The molecular formula is C21H14O5. The van der Waals surface area contributed by atoms with Gasteiger partial charge in [0.15, 0.2) is 5.76 Å². The molecule has 4 aromatic rings. The van der Waals surface area contributed by atoms with Crippen molar-refractivity contribution >= 4 is 16.8 Å². The predicted octanol–water partition coefficient (Wildman–Crippen LogP) is 4.29. The topological polar surface area (TPSA) is 69.7 Å². The van der Waals surface area contributed by atoms with Crippen LogP contribution in [0.4, 0.5) is 0 Å². The summed E-state index contributed by atoms with van der Waals surface area (Å²) in [4.78, 5) is 25.6. The third-order valence-electron chi connectivity index (χ3n) is 4.18. The van der Waals surface area contributed by atoms with E-state index in [-0.39, 0.29) is 22.5 Å². The van der Waals surface area contributed by atoms with Gasteiger partial charge < -0.3 is 13.6 Å². The second-order valence-corrected chi connectivity index (χ2v) is 5.70. The smallest absolute Gasteiger partial charge is 0.228 e. The van der Waals surface area contributed by atoms with Crippen LogP contribution in [0.2, 0.25) is 0 Å². The van der Waals surface area contributed by atoms with Crippen LogP contribution in [-0.2, 0) is 0 Å². The Morgan fingerprint density at radius 1 is 0.962 bits per heavy atom. The molecule has 0 N–H and O–H groups in total. The molecule has 0 atom stereocenters. The fourth-order valence-electron chi connectivity index (χ4n) is 2.84. The lowest BCUT2D eigenvalue weighted by Crippen LogP contribution is -2.08. The molecule has 0 unspecified atom stereocenters. The van der Waals surface area contributed by atoms with Gasteiger partial charge in [0.1, 0.15) is 17.6 Å². The molecule has 0 spiro atoms. The highest BCUT2D eigenvalue weighted by atomic mass is 16.5. The highest BCUT2D eigenvalue weighted by molar-refractivity contribution is 6.11. The van der Waals surface area contributed by atoms with Gasteiger partial charge in [-0.2, -0.15) is 0 Å². The van der Waals surface area contributed by atoms with E-state index in [0.29, 0.717) is 27.8 Å². The minimum atomic E-state index is -0.292. The van der Waals surface area contributed by atoms with Gasteiger partial charge in [-0.3, -0.25) is 9.59 Å². The normalized spacial score (nSPS) is 10.8. The highest BCUT2D eigenvalue weighted by Crippen LogP contribution is 2.27. The molecular weight excluding hydrogens is 332 g/mol. The summed E-state index contributed by atoms with van der Waals surface area (Å²) in [5, 5.41) is 0.405. The van der Waals surface area contributed by atoms with Crippen molar-refractivity contribution in [2.75, 3.05) is 7.11 Å².